The van der Waals surface area contributed by atoms with Crippen molar-refractivity contribution < 1.29 is 14.3 Å². The van der Waals surface area contributed by atoms with Gasteiger partial charge in [0.2, 0.25) is 12.7 Å². The minimum absolute atomic E-state index is 0.0338. The van der Waals surface area contributed by atoms with E-state index in [2.05, 4.69) is 4.99 Å². The molecule has 0 aliphatic rings. The molecular weight excluding hydrogens is 314 g/mol. The van der Waals surface area contributed by atoms with Crippen molar-refractivity contribution in [2.45, 2.75) is 0 Å². The lowest BCUT2D eigenvalue weighted by Gasteiger charge is -2.11. The van der Waals surface area contributed by atoms with E-state index >= 15 is 0 Å². The number of carbonyl (C=O) groups excluding carboxylic acids is 1. The number of primary amides is 1. The molecule has 0 fully saturated rings. The van der Waals surface area contributed by atoms with Crippen LogP contribution in [0.2, 0.25) is 0 Å². The van der Waals surface area contributed by atoms with Crippen molar-refractivity contribution in [1.29, 1.82) is 0 Å². The highest BCUT2D eigenvalue weighted by Gasteiger charge is 2.09. The standard InChI is InChI=1S/C16H17N3O3S/c1-23-16(18)19-13-8-7-11(15(17)20)9-14(13)22-10-21-12-5-3-2-4-6-12/h2-9H,10H2,1H3,(H2,17,20)(H2,18,19). The number of amides is 1. The third-order valence-electron chi connectivity index (χ3n) is 2.87. The molecular formula is C16H17N3O3S. The fourth-order valence-corrected chi connectivity index (χ4v) is 1.91. The summed E-state index contributed by atoms with van der Waals surface area (Å²) in [6.07, 6.45) is 1.82. The largest absolute Gasteiger partial charge is 0.458 e. The highest BCUT2D eigenvalue weighted by molar-refractivity contribution is 8.13. The molecule has 2 aromatic carbocycles. The molecule has 0 aliphatic heterocycles. The van der Waals surface area contributed by atoms with E-state index in [0.29, 0.717) is 27.9 Å². The third kappa shape index (κ3) is 4.93. The van der Waals surface area contributed by atoms with Gasteiger partial charge in [-0.05, 0) is 36.6 Å². The third-order valence-corrected chi connectivity index (χ3v) is 3.38. The van der Waals surface area contributed by atoms with Gasteiger partial charge in [-0.15, -0.1) is 0 Å². The molecule has 6 nitrogen and oxygen atoms in total. The number of rotatable bonds is 6. The van der Waals surface area contributed by atoms with Crippen LogP contribution in [0.1, 0.15) is 10.4 Å². The molecule has 23 heavy (non-hydrogen) atoms. The number of benzene rings is 2. The van der Waals surface area contributed by atoms with Crippen LogP contribution in [0, 0.1) is 0 Å². The first kappa shape index (κ1) is 16.7. The highest BCUT2D eigenvalue weighted by atomic mass is 32.2. The average molecular weight is 331 g/mol. The normalized spacial score (nSPS) is 11.1. The van der Waals surface area contributed by atoms with Crippen LogP contribution >= 0.6 is 11.8 Å². The Hall–Kier alpha value is -2.67. The van der Waals surface area contributed by atoms with E-state index in [4.69, 9.17) is 20.9 Å². The van der Waals surface area contributed by atoms with Crippen LogP contribution in [0.5, 0.6) is 11.5 Å². The van der Waals surface area contributed by atoms with Crippen LogP contribution in [0.25, 0.3) is 0 Å². The summed E-state index contributed by atoms with van der Waals surface area (Å²) in [6, 6.07) is 13.9. The maximum atomic E-state index is 11.3. The summed E-state index contributed by atoms with van der Waals surface area (Å²) < 4.78 is 11.0. The van der Waals surface area contributed by atoms with Crippen LogP contribution in [-0.4, -0.2) is 24.1 Å². The van der Waals surface area contributed by atoms with Gasteiger partial charge < -0.3 is 20.9 Å². The second-order valence-corrected chi connectivity index (χ2v) is 5.25. The molecule has 0 aliphatic carbocycles. The quantitative estimate of drug-likeness (QED) is 0.481. The number of aliphatic imine (C=N–C) groups is 1. The van der Waals surface area contributed by atoms with Crippen LogP contribution in [0.4, 0.5) is 5.69 Å². The molecule has 4 N–H and O–H groups in total. The SMILES string of the molecule is CSC(N)=Nc1ccc(C(N)=O)cc1OCOc1ccccc1. The Balaban J connectivity index is 2.16. The van der Waals surface area contributed by atoms with E-state index in [1.165, 1.54) is 17.8 Å². The van der Waals surface area contributed by atoms with E-state index in [1.807, 2.05) is 36.6 Å². The topological polar surface area (TPSA) is 99.9 Å². The molecule has 0 radical (unpaired) electrons. The average Bonchev–Trinajstić information content (AvgIpc) is 2.56. The van der Waals surface area contributed by atoms with Crippen LogP contribution in [-0.2, 0) is 0 Å². The van der Waals surface area contributed by atoms with E-state index in [1.54, 1.807) is 12.1 Å². The maximum absolute atomic E-state index is 11.3. The molecule has 120 valence electrons. The molecule has 2 rings (SSSR count). The number of ether oxygens (including phenoxy) is 2. The van der Waals surface area contributed by atoms with Gasteiger partial charge in [-0.3, -0.25) is 4.79 Å². The molecule has 7 heteroatoms. The Morgan fingerprint density at radius 3 is 2.52 bits per heavy atom. The van der Waals surface area contributed by atoms with Gasteiger partial charge in [0.15, 0.2) is 5.17 Å². The van der Waals surface area contributed by atoms with Gasteiger partial charge in [0.25, 0.3) is 0 Å². The minimum Gasteiger partial charge on any atom is -0.458 e. The molecule has 0 bridgehead atoms. The van der Waals surface area contributed by atoms with Crippen molar-refractivity contribution in [2.75, 3.05) is 13.0 Å². The predicted molar refractivity (Wildman–Crippen MR) is 92.3 cm³/mol. The second kappa shape index (κ2) is 8.09. The zero-order valence-corrected chi connectivity index (χ0v) is 13.4. The summed E-state index contributed by atoms with van der Waals surface area (Å²) in [4.78, 5) is 15.5. The number of hydrogen-bond donors (Lipinski definition) is 2. The van der Waals surface area contributed by atoms with E-state index in [-0.39, 0.29) is 6.79 Å². The maximum Gasteiger partial charge on any atom is 0.248 e. The van der Waals surface area contributed by atoms with Crippen LogP contribution in [0.3, 0.4) is 0 Å². The van der Waals surface area contributed by atoms with Gasteiger partial charge in [-0.2, -0.15) is 0 Å². The van der Waals surface area contributed by atoms with Crippen LogP contribution < -0.4 is 20.9 Å². The summed E-state index contributed by atoms with van der Waals surface area (Å²) in [7, 11) is 0. The van der Waals surface area contributed by atoms with Gasteiger partial charge >= 0.3 is 0 Å². The fraction of sp³-hybridized carbons (Fsp3) is 0.125. The summed E-state index contributed by atoms with van der Waals surface area (Å²) in [5.74, 6) is 0.494. The van der Waals surface area contributed by atoms with Gasteiger partial charge in [-0.1, -0.05) is 30.0 Å². The second-order valence-electron chi connectivity index (χ2n) is 4.42. The van der Waals surface area contributed by atoms with E-state index < -0.39 is 5.91 Å². The van der Waals surface area contributed by atoms with Gasteiger partial charge in [-0.25, -0.2) is 4.99 Å². The summed E-state index contributed by atoms with van der Waals surface area (Å²) >= 11 is 1.31. The first-order valence-electron chi connectivity index (χ1n) is 6.73. The Kier molecular flexibility index (Phi) is 5.87. The number of thioether (sulfide) groups is 1. The van der Waals surface area contributed by atoms with E-state index in [0.717, 1.165) is 0 Å². The fourth-order valence-electron chi connectivity index (χ4n) is 1.72. The van der Waals surface area contributed by atoms with Crippen molar-refractivity contribution >= 4 is 28.5 Å². The minimum atomic E-state index is -0.549. The summed E-state index contributed by atoms with van der Waals surface area (Å²) in [5, 5.41) is 0.380. The molecule has 2 aromatic rings. The lowest BCUT2D eigenvalue weighted by Crippen LogP contribution is -2.12. The molecule has 0 saturated carbocycles. The number of hydrogen-bond acceptors (Lipinski definition) is 5. The molecule has 0 saturated heterocycles. The Morgan fingerprint density at radius 1 is 1.13 bits per heavy atom. The molecule has 0 atom stereocenters. The lowest BCUT2D eigenvalue weighted by molar-refractivity contribution is 0.0997. The zero-order valence-electron chi connectivity index (χ0n) is 12.6. The Labute approximate surface area is 138 Å². The molecule has 0 spiro atoms. The van der Waals surface area contributed by atoms with Gasteiger partial charge in [0, 0.05) is 5.56 Å². The van der Waals surface area contributed by atoms with Gasteiger partial charge in [0.05, 0.1) is 0 Å². The first-order chi connectivity index (χ1) is 11.1. The lowest BCUT2D eigenvalue weighted by atomic mass is 10.2. The first-order valence-corrected chi connectivity index (χ1v) is 7.95. The molecule has 1 amide bonds. The van der Waals surface area contributed by atoms with Gasteiger partial charge in [0.1, 0.15) is 17.2 Å². The Bertz CT molecular complexity index is 705. The highest BCUT2D eigenvalue weighted by Crippen LogP contribution is 2.29. The number of carbonyl (C=O) groups is 1. The van der Waals surface area contributed by atoms with Crippen LogP contribution in [0.15, 0.2) is 53.5 Å². The smallest absolute Gasteiger partial charge is 0.248 e. The van der Waals surface area contributed by atoms with Crippen molar-refractivity contribution in [3.8, 4) is 11.5 Å². The monoisotopic (exact) mass is 331 g/mol. The zero-order chi connectivity index (χ0) is 16.7. The number of amidine groups is 1. The molecule has 0 heterocycles. The van der Waals surface area contributed by atoms with Crippen molar-refractivity contribution in [3.05, 3.63) is 54.1 Å². The van der Waals surface area contributed by atoms with Crippen molar-refractivity contribution in [1.82, 2.24) is 0 Å². The van der Waals surface area contributed by atoms with Crippen molar-refractivity contribution in [2.24, 2.45) is 16.5 Å². The molecule has 0 unspecified atom stereocenters. The number of nitrogens with two attached hydrogens (primary N) is 2. The summed E-state index contributed by atoms with van der Waals surface area (Å²) in [6.45, 7) is -0.0338. The van der Waals surface area contributed by atoms with Crippen molar-refractivity contribution in [3.63, 3.8) is 0 Å². The molecule has 0 aromatic heterocycles. The predicted octanol–water partition coefficient (Wildman–Crippen LogP) is 2.51. The Morgan fingerprint density at radius 2 is 1.87 bits per heavy atom. The number of nitrogens with zero attached hydrogens (tertiary/aromatic N) is 1. The van der Waals surface area contributed by atoms with E-state index in [9.17, 15) is 4.79 Å². The number of para-hydroxylation sites is 1. The summed E-state index contributed by atoms with van der Waals surface area (Å²) in [5.41, 5.74) is 11.8.